The van der Waals surface area contributed by atoms with Crippen molar-refractivity contribution < 1.29 is 9.90 Å². The van der Waals surface area contributed by atoms with Crippen LogP contribution in [0.4, 0.5) is 4.79 Å². The zero-order valence-corrected chi connectivity index (χ0v) is 12.8. The number of benzene rings is 1. The first kappa shape index (κ1) is 15.7. The quantitative estimate of drug-likeness (QED) is 0.779. The summed E-state index contributed by atoms with van der Waals surface area (Å²) in [5.41, 5.74) is 1.18. The number of aromatic hydroxyl groups is 1. The van der Waals surface area contributed by atoms with E-state index in [-0.39, 0.29) is 17.8 Å². The summed E-state index contributed by atoms with van der Waals surface area (Å²) in [4.78, 5) is 11.9. The number of carbonyl (C=O) groups excluding carboxylic acids is 1. The van der Waals surface area contributed by atoms with Gasteiger partial charge in [-0.3, -0.25) is 0 Å². The van der Waals surface area contributed by atoms with Crippen molar-refractivity contribution in [2.75, 3.05) is 0 Å². The first-order chi connectivity index (χ1) is 10.1. The van der Waals surface area contributed by atoms with Crippen molar-refractivity contribution >= 4 is 6.03 Å². The standard InChI is InChI=1S/C17H26N2O2/c1-13(7-8-14-9-11-16(20)12-10-14)18-17(21)19-15-5-3-2-4-6-15/h9-13,15,20H,2-8H2,1H3,(H2,18,19,21). The molecule has 1 aliphatic carbocycles. The van der Waals surface area contributed by atoms with Gasteiger partial charge in [-0.05, 0) is 50.3 Å². The zero-order valence-electron chi connectivity index (χ0n) is 12.8. The molecule has 4 nitrogen and oxygen atoms in total. The number of urea groups is 1. The first-order valence-electron chi connectivity index (χ1n) is 7.98. The van der Waals surface area contributed by atoms with Crippen LogP contribution in [0.2, 0.25) is 0 Å². The maximum Gasteiger partial charge on any atom is 0.315 e. The number of amides is 2. The predicted molar refractivity (Wildman–Crippen MR) is 84.4 cm³/mol. The molecule has 0 aromatic heterocycles. The van der Waals surface area contributed by atoms with E-state index in [9.17, 15) is 9.90 Å². The van der Waals surface area contributed by atoms with Crippen molar-refractivity contribution in [1.29, 1.82) is 0 Å². The molecule has 2 amide bonds. The highest BCUT2D eigenvalue weighted by Gasteiger charge is 2.16. The molecule has 1 aromatic rings. The highest BCUT2D eigenvalue weighted by Crippen LogP contribution is 2.17. The van der Waals surface area contributed by atoms with E-state index in [4.69, 9.17) is 0 Å². The average molecular weight is 290 g/mol. The zero-order chi connectivity index (χ0) is 15.1. The summed E-state index contributed by atoms with van der Waals surface area (Å²) in [7, 11) is 0. The van der Waals surface area contributed by atoms with Crippen molar-refractivity contribution in [3.8, 4) is 5.75 Å². The molecule has 0 spiro atoms. The lowest BCUT2D eigenvalue weighted by Crippen LogP contribution is -2.46. The van der Waals surface area contributed by atoms with Crippen molar-refractivity contribution in [1.82, 2.24) is 10.6 Å². The molecule has 1 atom stereocenters. The van der Waals surface area contributed by atoms with Crippen molar-refractivity contribution in [3.63, 3.8) is 0 Å². The van der Waals surface area contributed by atoms with Crippen LogP contribution < -0.4 is 10.6 Å². The lowest BCUT2D eigenvalue weighted by atomic mass is 9.96. The lowest BCUT2D eigenvalue weighted by molar-refractivity contribution is 0.229. The van der Waals surface area contributed by atoms with Crippen LogP contribution in [0.1, 0.15) is 51.0 Å². The Hall–Kier alpha value is -1.71. The minimum atomic E-state index is -0.0416. The Kier molecular flexibility index (Phi) is 5.90. The van der Waals surface area contributed by atoms with Gasteiger partial charge in [0, 0.05) is 12.1 Å². The summed E-state index contributed by atoms with van der Waals surface area (Å²) in [5.74, 6) is 0.289. The van der Waals surface area contributed by atoms with Crippen molar-refractivity contribution in [3.05, 3.63) is 29.8 Å². The number of hydrogen-bond donors (Lipinski definition) is 3. The van der Waals surface area contributed by atoms with Crippen LogP contribution in [0.15, 0.2) is 24.3 Å². The summed E-state index contributed by atoms with van der Waals surface area (Å²) in [6.45, 7) is 2.03. The molecule has 4 heteroatoms. The summed E-state index contributed by atoms with van der Waals surface area (Å²) < 4.78 is 0. The third-order valence-corrected chi connectivity index (χ3v) is 4.12. The predicted octanol–water partition coefficient (Wildman–Crippen LogP) is 3.35. The van der Waals surface area contributed by atoms with Crippen LogP contribution in [0.25, 0.3) is 0 Å². The fourth-order valence-electron chi connectivity index (χ4n) is 2.82. The van der Waals surface area contributed by atoms with Crippen LogP contribution in [-0.2, 0) is 6.42 Å². The largest absolute Gasteiger partial charge is 0.508 e. The van der Waals surface area contributed by atoms with E-state index in [0.29, 0.717) is 6.04 Å². The molecule has 0 radical (unpaired) electrons. The summed E-state index contributed by atoms with van der Waals surface area (Å²) in [6.07, 6.45) is 7.74. The summed E-state index contributed by atoms with van der Waals surface area (Å²) in [6, 6.07) is 7.69. The van der Waals surface area contributed by atoms with Crippen LogP contribution in [0.3, 0.4) is 0 Å². The van der Waals surface area contributed by atoms with Gasteiger partial charge in [-0.15, -0.1) is 0 Å². The van der Waals surface area contributed by atoms with Gasteiger partial charge in [0.25, 0.3) is 0 Å². The molecular formula is C17H26N2O2. The molecule has 21 heavy (non-hydrogen) atoms. The molecular weight excluding hydrogens is 264 g/mol. The Morgan fingerprint density at radius 3 is 2.57 bits per heavy atom. The van der Waals surface area contributed by atoms with Crippen LogP contribution in [-0.4, -0.2) is 23.2 Å². The van der Waals surface area contributed by atoms with Crippen molar-refractivity contribution in [2.24, 2.45) is 0 Å². The Labute approximate surface area is 126 Å². The maximum atomic E-state index is 11.9. The van der Waals surface area contributed by atoms with Crippen LogP contribution in [0, 0.1) is 0 Å². The van der Waals surface area contributed by atoms with Gasteiger partial charge in [-0.25, -0.2) is 4.79 Å². The molecule has 3 N–H and O–H groups in total. The third-order valence-electron chi connectivity index (χ3n) is 4.12. The number of nitrogens with one attached hydrogen (secondary N) is 2. The second-order valence-electron chi connectivity index (χ2n) is 6.06. The maximum absolute atomic E-state index is 11.9. The van der Waals surface area contributed by atoms with Crippen molar-refractivity contribution in [2.45, 2.75) is 64.0 Å². The molecule has 1 saturated carbocycles. The van der Waals surface area contributed by atoms with E-state index >= 15 is 0 Å². The van der Waals surface area contributed by atoms with Gasteiger partial charge in [0.15, 0.2) is 0 Å². The number of aryl methyl sites for hydroxylation is 1. The number of rotatable bonds is 5. The number of phenols is 1. The van der Waals surface area contributed by atoms with Crippen LogP contribution in [0.5, 0.6) is 5.75 Å². The van der Waals surface area contributed by atoms with Gasteiger partial charge in [0.05, 0.1) is 0 Å². The van der Waals surface area contributed by atoms with E-state index in [0.717, 1.165) is 25.7 Å². The Balaban J connectivity index is 1.67. The molecule has 0 saturated heterocycles. The van der Waals surface area contributed by atoms with E-state index in [1.165, 1.54) is 24.8 Å². The van der Waals surface area contributed by atoms with Gasteiger partial charge in [0.1, 0.15) is 5.75 Å². The van der Waals surface area contributed by atoms with E-state index in [1.54, 1.807) is 12.1 Å². The van der Waals surface area contributed by atoms with E-state index in [1.807, 2.05) is 19.1 Å². The minimum absolute atomic E-state index is 0.0416. The molecule has 1 fully saturated rings. The summed E-state index contributed by atoms with van der Waals surface area (Å²) in [5, 5.41) is 15.3. The minimum Gasteiger partial charge on any atom is -0.508 e. The second-order valence-corrected chi connectivity index (χ2v) is 6.06. The summed E-state index contributed by atoms with van der Waals surface area (Å²) >= 11 is 0. The molecule has 1 unspecified atom stereocenters. The van der Waals surface area contributed by atoms with Gasteiger partial charge in [-0.1, -0.05) is 31.4 Å². The SMILES string of the molecule is CC(CCc1ccc(O)cc1)NC(=O)NC1CCCCC1. The smallest absolute Gasteiger partial charge is 0.315 e. The highest BCUT2D eigenvalue weighted by atomic mass is 16.3. The van der Waals surface area contributed by atoms with Crippen LogP contribution >= 0.6 is 0 Å². The fraction of sp³-hybridized carbons (Fsp3) is 0.588. The molecule has 1 aromatic carbocycles. The Bertz CT molecular complexity index is 439. The topological polar surface area (TPSA) is 61.4 Å². The van der Waals surface area contributed by atoms with Gasteiger partial charge in [0.2, 0.25) is 0 Å². The average Bonchev–Trinajstić information content (AvgIpc) is 2.47. The molecule has 0 aliphatic heterocycles. The number of hydrogen-bond acceptors (Lipinski definition) is 2. The van der Waals surface area contributed by atoms with Gasteiger partial charge < -0.3 is 15.7 Å². The Morgan fingerprint density at radius 1 is 1.24 bits per heavy atom. The number of carbonyl (C=O) groups is 1. The second kappa shape index (κ2) is 7.91. The molecule has 0 bridgehead atoms. The van der Waals surface area contributed by atoms with Gasteiger partial charge >= 0.3 is 6.03 Å². The first-order valence-corrected chi connectivity index (χ1v) is 7.98. The van der Waals surface area contributed by atoms with Gasteiger partial charge in [-0.2, -0.15) is 0 Å². The highest BCUT2D eigenvalue weighted by molar-refractivity contribution is 5.74. The fourth-order valence-corrected chi connectivity index (χ4v) is 2.82. The molecule has 116 valence electrons. The normalized spacial score (nSPS) is 17.2. The monoisotopic (exact) mass is 290 g/mol. The third kappa shape index (κ3) is 5.66. The van der Waals surface area contributed by atoms with E-state index < -0.39 is 0 Å². The molecule has 0 heterocycles. The lowest BCUT2D eigenvalue weighted by Gasteiger charge is -2.24. The molecule has 1 aliphatic rings. The van der Waals surface area contributed by atoms with E-state index in [2.05, 4.69) is 10.6 Å². The number of phenolic OH excluding ortho intramolecular Hbond substituents is 1. The Morgan fingerprint density at radius 2 is 1.90 bits per heavy atom. The molecule has 2 rings (SSSR count).